The Balaban J connectivity index is 1.68. The first-order valence-corrected chi connectivity index (χ1v) is 12.1. The molecule has 34 heavy (non-hydrogen) atoms. The van der Waals surface area contributed by atoms with Gasteiger partial charge in [0, 0.05) is 11.3 Å². The molecule has 172 valence electrons. The summed E-state index contributed by atoms with van der Waals surface area (Å²) in [4.78, 5) is 0. The summed E-state index contributed by atoms with van der Waals surface area (Å²) in [6, 6.07) is 24.3. The maximum absolute atomic E-state index is 13.6. The lowest BCUT2D eigenvalue weighted by Crippen LogP contribution is -2.10. The molecule has 9 heteroatoms. The molecule has 0 aliphatic rings. The van der Waals surface area contributed by atoms with Gasteiger partial charge in [-0.3, -0.25) is 4.72 Å². The molecule has 5 nitrogen and oxygen atoms in total. The summed E-state index contributed by atoms with van der Waals surface area (Å²) < 4.78 is 67.2. The van der Waals surface area contributed by atoms with Crippen molar-refractivity contribution in [2.75, 3.05) is 11.0 Å². The average molecular weight is 481 g/mol. The maximum atomic E-state index is 13.6. The Bertz CT molecular complexity index is 1640. The molecule has 0 saturated carbocycles. The summed E-state index contributed by atoms with van der Waals surface area (Å²) in [5.41, 5.74) is 0.491. The highest BCUT2D eigenvalue weighted by Crippen LogP contribution is 2.35. The van der Waals surface area contributed by atoms with Crippen LogP contribution in [-0.4, -0.2) is 24.5 Å². The van der Waals surface area contributed by atoms with Crippen molar-refractivity contribution in [3.63, 3.8) is 0 Å². The zero-order chi connectivity index (χ0) is 24.1. The number of hydrogen-bond donors (Lipinski definition) is 1. The predicted octanol–water partition coefficient (Wildman–Crippen LogP) is 6.24. The average Bonchev–Trinajstić information content (AvgIpc) is 3.24. The molecule has 4 aromatic carbocycles. The number of aromatic nitrogens is 2. The van der Waals surface area contributed by atoms with Gasteiger partial charge in [0.05, 0.1) is 17.6 Å². The molecule has 0 fully saturated rings. The van der Waals surface area contributed by atoms with E-state index in [0.717, 1.165) is 33.9 Å². The Morgan fingerprint density at radius 2 is 1.47 bits per heavy atom. The predicted molar refractivity (Wildman–Crippen MR) is 127 cm³/mol. The van der Waals surface area contributed by atoms with E-state index < -0.39 is 21.9 Å². The van der Waals surface area contributed by atoms with Crippen LogP contribution in [0.15, 0.2) is 84.9 Å². The third-order valence-electron chi connectivity index (χ3n) is 5.46. The highest BCUT2D eigenvalue weighted by Gasteiger charge is 2.35. The second-order valence-corrected chi connectivity index (χ2v) is 9.72. The standard InChI is InChI=1S/C25H18F3N3O2S/c1-34(32,33)30-19-10-12-20(13-11-19)31-23(15-24(29-31)25(26,27)28)18-9-8-17-7-6-16-4-2-3-5-21(16)22(17)14-18/h2-15,30H,1H3. The SMILES string of the molecule is CS(=O)(=O)Nc1ccc(-n2nc(C(F)(F)F)cc2-c2ccc3ccc4ccccc4c3c2)cc1. The first-order valence-electron chi connectivity index (χ1n) is 10.3. The van der Waals surface area contributed by atoms with Crippen LogP contribution in [0, 0.1) is 0 Å². The molecule has 1 aromatic heterocycles. The molecule has 0 aliphatic heterocycles. The fourth-order valence-electron chi connectivity index (χ4n) is 3.97. The van der Waals surface area contributed by atoms with Gasteiger partial charge < -0.3 is 0 Å². The summed E-state index contributed by atoms with van der Waals surface area (Å²) in [7, 11) is -3.48. The van der Waals surface area contributed by atoms with Crippen molar-refractivity contribution in [2.24, 2.45) is 0 Å². The monoisotopic (exact) mass is 481 g/mol. The fraction of sp³-hybridized carbons (Fsp3) is 0.0800. The zero-order valence-corrected chi connectivity index (χ0v) is 18.7. The van der Waals surface area contributed by atoms with Crippen molar-refractivity contribution in [1.29, 1.82) is 0 Å². The van der Waals surface area contributed by atoms with Gasteiger partial charge in [-0.25, -0.2) is 13.1 Å². The molecule has 0 saturated heterocycles. The molecule has 0 bridgehead atoms. The number of nitrogens with zero attached hydrogens (tertiary/aromatic N) is 2. The molecule has 1 heterocycles. The molecule has 0 aliphatic carbocycles. The molecular weight excluding hydrogens is 463 g/mol. The van der Waals surface area contributed by atoms with Crippen LogP contribution in [0.4, 0.5) is 18.9 Å². The Kier molecular flexibility index (Phi) is 5.09. The lowest BCUT2D eigenvalue weighted by atomic mass is 9.99. The minimum absolute atomic E-state index is 0.269. The van der Waals surface area contributed by atoms with E-state index in [2.05, 4.69) is 9.82 Å². The third-order valence-corrected chi connectivity index (χ3v) is 6.06. The number of benzene rings is 4. The van der Waals surface area contributed by atoms with Crippen LogP contribution in [0.25, 0.3) is 38.5 Å². The lowest BCUT2D eigenvalue weighted by molar-refractivity contribution is -0.141. The van der Waals surface area contributed by atoms with Gasteiger partial charge in [0.2, 0.25) is 10.0 Å². The van der Waals surface area contributed by atoms with E-state index in [0.29, 0.717) is 16.9 Å². The van der Waals surface area contributed by atoms with Crippen molar-refractivity contribution in [2.45, 2.75) is 6.18 Å². The summed E-state index contributed by atoms with van der Waals surface area (Å²) in [5, 5.41) is 7.75. The third kappa shape index (κ3) is 4.22. The highest BCUT2D eigenvalue weighted by molar-refractivity contribution is 7.92. The van der Waals surface area contributed by atoms with Crippen LogP contribution in [0.3, 0.4) is 0 Å². The van der Waals surface area contributed by atoms with Crippen LogP contribution in [0.5, 0.6) is 0 Å². The molecular formula is C25H18F3N3O2S. The van der Waals surface area contributed by atoms with E-state index >= 15 is 0 Å². The van der Waals surface area contributed by atoms with E-state index in [9.17, 15) is 21.6 Å². The number of halogens is 3. The van der Waals surface area contributed by atoms with Crippen LogP contribution >= 0.6 is 0 Å². The minimum atomic E-state index is -4.62. The Hall–Kier alpha value is -3.85. The van der Waals surface area contributed by atoms with Gasteiger partial charge in [0.1, 0.15) is 0 Å². The van der Waals surface area contributed by atoms with E-state index in [1.807, 2.05) is 48.5 Å². The number of hydrogen-bond acceptors (Lipinski definition) is 3. The summed E-state index contributed by atoms with van der Waals surface area (Å²) >= 11 is 0. The second kappa shape index (κ2) is 7.88. The quantitative estimate of drug-likeness (QED) is 0.309. The van der Waals surface area contributed by atoms with Gasteiger partial charge in [-0.15, -0.1) is 0 Å². The first-order chi connectivity index (χ1) is 16.1. The maximum Gasteiger partial charge on any atom is 0.435 e. The van der Waals surface area contributed by atoms with Gasteiger partial charge in [-0.1, -0.05) is 48.5 Å². The van der Waals surface area contributed by atoms with Gasteiger partial charge >= 0.3 is 6.18 Å². The topological polar surface area (TPSA) is 64.0 Å². The summed E-state index contributed by atoms with van der Waals surface area (Å²) in [5.74, 6) is 0. The highest BCUT2D eigenvalue weighted by atomic mass is 32.2. The number of rotatable bonds is 4. The second-order valence-electron chi connectivity index (χ2n) is 7.97. The minimum Gasteiger partial charge on any atom is -0.284 e. The zero-order valence-electron chi connectivity index (χ0n) is 17.8. The van der Waals surface area contributed by atoms with Crippen LogP contribution < -0.4 is 4.72 Å². The molecule has 0 radical (unpaired) electrons. The fourth-order valence-corrected chi connectivity index (χ4v) is 4.53. The van der Waals surface area contributed by atoms with Crippen LogP contribution in [0.1, 0.15) is 5.69 Å². The van der Waals surface area contributed by atoms with Crippen molar-refractivity contribution >= 4 is 37.3 Å². The largest absolute Gasteiger partial charge is 0.435 e. The number of anilines is 1. The van der Waals surface area contributed by atoms with Crippen molar-refractivity contribution in [3.8, 4) is 16.9 Å². The number of sulfonamides is 1. The molecule has 1 N–H and O–H groups in total. The van der Waals surface area contributed by atoms with E-state index in [-0.39, 0.29) is 5.69 Å². The molecule has 0 spiro atoms. The smallest absolute Gasteiger partial charge is 0.284 e. The molecule has 0 amide bonds. The summed E-state index contributed by atoms with van der Waals surface area (Å²) in [6.45, 7) is 0. The molecule has 0 unspecified atom stereocenters. The Labute approximate surface area is 193 Å². The van der Waals surface area contributed by atoms with Gasteiger partial charge in [-0.05, 0) is 57.9 Å². The van der Waals surface area contributed by atoms with Crippen LogP contribution in [-0.2, 0) is 16.2 Å². The number of fused-ring (bicyclic) bond motifs is 3. The Morgan fingerprint density at radius 1 is 0.824 bits per heavy atom. The van der Waals surface area contributed by atoms with Crippen molar-refractivity contribution in [3.05, 3.63) is 90.6 Å². The van der Waals surface area contributed by atoms with Crippen LogP contribution in [0.2, 0.25) is 0 Å². The normalized spacial score (nSPS) is 12.4. The van der Waals surface area contributed by atoms with Gasteiger partial charge in [-0.2, -0.15) is 18.3 Å². The van der Waals surface area contributed by atoms with Gasteiger partial charge in [0.15, 0.2) is 5.69 Å². The van der Waals surface area contributed by atoms with Gasteiger partial charge in [0.25, 0.3) is 0 Å². The van der Waals surface area contributed by atoms with E-state index in [4.69, 9.17) is 0 Å². The van der Waals surface area contributed by atoms with Crippen molar-refractivity contribution in [1.82, 2.24) is 9.78 Å². The number of alkyl halides is 3. The Morgan fingerprint density at radius 3 is 2.15 bits per heavy atom. The lowest BCUT2D eigenvalue weighted by Gasteiger charge is -2.11. The molecule has 0 atom stereocenters. The molecule has 5 aromatic rings. The first kappa shape index (κ1) is 22.0. The number of nitrogens with one attached hydrogen (secondary N) is 1. The van der Waals surface area contributed by atoms with E-state index in [1.54, 1.807) is 6.07 Å². The van der Waals surface area contributed by atoms with Crippen molar-refractivity contribution < 1.29 is 21.6 Å². The molecule has 5 rings (SSSR count). The van der Waals surface area contributed by atoms with E-state index in [1.165, 1.54) is 28.9 Å². The summed E-state index contributed by atoms with van der Waals surface area (Å²) in [6.07, 6.45) is -3.60.